The fourth-order valence-electron chi connectivity index (χ4n) is 3.20. The zero-order valence-electron chi connectivity index (χ0n) is 14.8. The summed E-state index contributed by atoms with van der Waals surface area (Å²) in [6.45, 7) is 3.86. The Balaban J connectivity index is 1.38. The van der Waals surface area contributed by atoms with Gasteiger partial charge in [0.05, 0.1) is 5.02 Å². The van der Waals surface area contributed by atoms with Crippen molar-refractivity contribution in [3.63, 3.8) is 0 Å². The summed E-state index contributed by atoms with van der Waals surface area (Å²) in [5, 5.41) is 0.489. The van der Waals surface area contributed by atoms with Crippen molar-refractivity contribution in [3.05, 3.63) is 53.2 Å². The number of piperazine rings is 1. The van der Waals surface area contributed by atoms with Crippen molar-refractivity contribution in [1.82, 2.24) is 9.88 Å². The van der Waals surface area contributed by atoms with Crippen LogP contribution in [-0.2, 0) is 4.79 Å². The molecule has 1 aromatic heterocycles. The Morgan fingerprint density at radius 2 is 1.93 bits per heavy atom. The van der Waals surface area contributed by atoms with Gasteiger partial charge in [-0.3, -0.25) is 4.79 Å². The van der Waals surface area contributed by atoms with E-state index in [0.717, 1.165) is 24.5 Å². The van der Waals surface area contributed by atoms with E-state index in [1.54, 1.807) is 24.4 Å². The monoisotopic (exact) mass is 385 g/mol. The van der Waals surface area contributed by atoms with E-state index in [-0.39, 0.29) is 5.91 Å². The Bertz CT molecular complexity index is 849. The zero-order chi connectivity index (χ0) is 18.6. The van der Waals surface area contributed by atoms with Crippen molar-refractivity contribution in [2.75, 3.05) is 44.3 Å². The van der Waals surface area contributed by atoms with Crippen LogP contribution in [-0.4, -0.2) is 55.2 Å². The Morgan fingerprint density at radius 3 is 2.70 bits per heavy atom. The van der Waals surface area contributed by atoms with Gasteiger partial charge in [-0.1, -0.05) is 17.7 Å². The molecule has 140 valence electrons. The molecule has 1 fully saturated rings. The molecule has 0 N–H and O–H groups in total. The van der Waals surface area contributed by atoms with Gasteiger partial charge in [0, 0.05) is 38.5 Å². The number of anilines is 1. The smallest absolute Gasteiger partial charge is 0.246 e. The van der Waals surface area contributed by atoms with E-state index in [1.165, 1.54) is 0 Å². The Labute approximate surface area is 163 Å². The van der Waals surface area contributed by atoms with Crippen molar-refractivity contribution in [3.8, 4) is 11.5 Å². The van der Waals surface area contributed by atoms with Gasteiger partial charge in [-0.2, -0.15) is 0 Å². The molecule has 0 spiro atoms. The maximum atomic E-state index is 12.5. The summed E-state index contributed by atoms with van der Waals surface area (Å²) < 4.78 is 11.1. The van der Waals surface area contributed by atoms with E-state index in [9.17, 15) is 4.79 Å². The van der Waals surface area contributed by atoms with Crippen LogP contribution in [0.1, 0.15) is 5.56 Å². The quantitative estimate of drug-likeness (QED) is 0.760. The second kappa shape index (κ2) is 7.88. The Morgan fingerprint density at radius 1 is 1.11 bits per heavy atom. The van der Waals surface area contributed by atoms with Crippen LogP contribution in [0.2, 0.25) is 5.02 Å². The number of aromatic nitrogens is 1. The molecule has 2 aromatic rings. The summed E-state index contributed by atoms with van der Waals surface area (Å²) in [6, 6.07) is 9.48. The molecule has 0 saturated carbocycles. The van der Waals surface area contributed by atoms with Crippen LogP contribution in [0.15, 0.2) is 42.6 Å². The first-order chi connectivity index (χ1) is 13.2. The number of rotatable bonds is 3. The number of pyridine rings is 1. The summed E-state index contributed by atoms with van der Waals surface area (Å²) in [5.41, 5.74) is 0.810. The van der Waals surface area contributed by atoms with E-state index in [4.69, 9.17) is 21.1 Å². The average molecular weight is 386 g/mol. The van der Waals surface area contributed by atoms with Crippen LogP contribution in [0, 0.1) is 0 Å². The van der Waals surface area contributed by atoms with Gasteiger partial charge in [0.25, 0.3) is 0 Å². The molecule has 3 heterocycles. The van der Waals surface area contributed by atoms with Gasteiger partial charge >= 0.3 is 0 Å². The molecule has 27 heavy (non-hydrogen) atoms. The predicted octanol–water partition coefficient (Wildman–Crippen LogP) is 2.87. The number of amides is 1. The first-order valence-corrected chi connectivity index (χ1v) is 9.30. The molecule has 1 saturated heterocycles. The number of hydrogen-bond acceptors (Lipinski definition) is 5. The maximum absolute atomic E-state index is 12.5. The van der Waals surface area contributed by atoms with Crippen LogP contribution < -0.4 is 14.4 Å². The lowest BCUT2D eigenvalue weighted by Crippen LogP contribution is -2.48. The van der Waals surface area contributed by atoms with Crippen molar-refractivity contribution in [2.24, 2.45) is 0 Å². The lowest BCUT2D eigenvalue weighted by molar-refractivity contribution is -0.126. The van der Waals surface area contributed by atoms with Crippen molar-refractivity contribution >= 4 is 29.4 Å². The highest BCUT2D eigenvalue weighted by molar-refractivity contribution is 6.32. The Kier molecular flexibility index (Phi) is 5.16. The molecule has 0 bridgehead atoms. The van der Waals surface area contributed by atoms with Crippen molar-refractivity contribution < 1.29 is 14.3 Å². The summed E-state index contributed by atoms with van der Waals surface area (Å²) >= 11 is 6.24. The number of fused-ring (bicyclic) bond motifs is 1. The highest BCUT2D eigenvalue weighted by Crippen LogP contribution is 2.38. The molecule has 2 aliphatic heterocycles. The third-order valence-electron chi connectivity index (χ3n) is 4.60. The number of hydrogen-bond donors (Lipinski definition) is 0. The van der Waals surface area contributed by atoms with Gasteiger partial charge in [-0.05, 0) is 35.9 Å². The average Bonchev–Trinajstić information content (AvgIpc) is 2.73. The topological polar surface area (TPSA) is 54.9 Å². The number of nitrogens with zero attached hydrogens (tertiary/aromatic N) is 3. The molecule has 7 heteroatoms. The number of carbonyl (C=O) groups is 1. The summed E-state index contributed by atoms with van der Waals surface area (Å²) in [5.74, 6) is 2.12. The van der Waals surface area contributed by atoms with Crippen LogP contribution in [0.3, 0.4) is 0 Å². The lowest BCUT2D eigenvalue weighted by atomic mass is 10.1. The molecule has 0 unspecified atom stereocenters. The lowest BCUT2D eigenvalue weighted by Gasteiger charge is -2.34. The number of ether oxygens (including phenoxy) is 2. The number of halogens is 1. The Hall–Kier alpha value is -2.73. The van der Waals surface area contributed by atoms with Gasteiger partial charge in [0.15, 0.2) is 11.5 Å². The number of carbonyl (C=O) groups excluding carboxylic acids is 1. The minimum absolute atomic E-state index is 0.0123. The van der Waals surface area contributed by atoms with E-state index in [0.29, 0.717) is 42.8 Å². The first-order valence-electron chi connectivity index (χ1n) is 8.93. The predicted molar refractivity (Wildman–Crippen MR) is 105 cm³/mol. The molecule has 4 rings (SSSR count). The molecule has 6 nitrogen and oxygen atoms in total. The summed E-state index contributed by atoms with van der Waals surface area (Å²) in [7, 11) is 0. The normalized spacial score (nSPS) is 16.6. The third-order valence-corrected chi connectivity index (χ3v) is 4.88. The van der Waals surface area contributed by atoms with E-state index in [1.807, 2.05) is 29.2 Å². The molecule has 0 atom stereocenters. The van der Waals surface area contributed by atoms with Gasteiger partial charge in [-0.25, -0.2) is 4.98 Å². The van der Waals surface area contributed by atoms with Crippen LogP contribution in [0.25, 0.3) is 6.08 Å². The van der Waals surface area contributed by atoms with Crippen LogP contribution in [0.5, 0.6) is 11.5 Å². The SMILES string of the molecule is O=C(/C=C/c1cc(Cl)c2c(c1)OCCO2)N1CCN(c2ccccn2)CC1. The highest BCUT2D eigenvalue weighted by atomic mass is 35.5. The van der Waals surface area contributed by atoms with Gasteiger partial charge in [0.2, 0.25) is 5.91 Å². The van der Waals surface area contributed by atoms with Crippen LogP contribution >= 0.6 is 11.6 Å². The summed E-state index contributed by atoms with van der Waals surface area (Å²) in [4.78, 5) is 20.9. The third kappa shape index (κ3) is 4.01. The van der Waals surface area contributed by atoms with E-state index >= 15 is 0 Å². The molecule has 1 amide bonds. The first kappa shape index (κ1) is 17.7. The molecule has 0 radical (unpaired) electrons. The number of benzene rings is 1. The molecule has 1 aromatic carbocycles. The summed E-state index contributed by atoms with van der Waals surface area (Å²) in [6.07, 6.45) is 5.13. The largest absolute Gasteiger partial charge is 0.486 e. The van der Waals surface area contributed by atoms with Gasteiger partial charge in [-0.15, -0.1) is 0 Å². The fourth-order valence-corrected chi connectivity index (χ4v) is 3.47. The fraction of sp³-hybridized carbons (Fsp3) is 0.300. The van der Waals surface area contributed by atoms with Crippen LogP contribution in [0.4, 0.5) is 5.82 Å². The molecule has 0 aliphatic carbocycles. The zero-order valence-corrected chi connectivity index (χ0v) is 15.6. The van der Waals surface area contributed by atoms with E-state index in [2.05, 4.69) is 9.88 Å². The van der Waals surface area contributed by atoms with Gasteiger partial charge in [0.1, 0.15) is 19.0 Å². The minimum atomic E-state index is -0.0123. The second-order valence-corrected chi connectivity index (χ2v) is 6.77. The highest BCUT2D eigenvalue weighted by Gasteiger charge is 2.20. The molecular weight excluding hydrogens is 366 g/mol. The molecule has 2 aliphatic rings. The van der Waals surface area contributed by atoms with Crippen molar-refractivity contribution in [2.45, 2.75) is 0 Å². The maximum Gasteiger partial charge on any atom is 0.246 e. The van der Waals surface area contributed by atoms with E-state index < -0.39 is 0 Å². The molecular formula is C20H20ClN3O3. The van der Waals surface area contributed by atoms with Crippen molar-refractivity contribution in [1.29, 1.82) is 0 Å². The van der Waals surface area contributed by atoms with Gasteiger partial charge < -0.3 is 19.3 Å². The second-order valence-electron chi connectivity index (χ2n) is 6.36. The standard InChI is InChI=1S/C20H20ClN3O3/c21-16-13-15(14-17-20(16)27-12-11-26-17)4-5-19(25)24-9-7-23(8-10-24)18-3-1-2-6-22-18/h1-6,13-14H,7-12H2/b5-4+. The minimum Gasteiger partial charge on any atom is -0.486 e.